The van der Waals surface area contributed by atoms with Gasteiger partial charge in [-0.1, -0.05) is 30.3 Å². The van der Waals surface area contributed by atoms with E-state index in [-0.39, 0.29) is 5.63 Å². The topological polar surface area (TPSA) is 51.9 Å². The van der Waals surface area contributed by atoms with Crippen molar-refractivity contribution in [3.05, 3.63) is 64.0 Å². The van der Waals surface area contributed by atoms with Gasteiger partial charge in [0.05, 0.1) is 17.7 Å². The third-order valence-electron chi connectivity index (χ3n) is 4.85. The van der Waals surface area contributed by atoms with Crippen LogP contribution < -0.4 is 10.4 Å². The third kappa shape index (κ3) is 2.89. The molecule has 0 bridgehead atoms. The van der Waals surface area contributed by atoms with Crippen molar-refractivity contribution in [3.63, 3.8) is 0 Å². The predicted octanol–water partition coefficient (Wildman–Crippen LogP) is 3.57. The highest BCUT2D eigenvalue weighted by Gasteiger charge is 2.23. The fraction of sp³-hybridized carbons (Fsp3) is 0.286. The molecule has 0 amide bonds. The molecule has 0 radical (unpaired) electrons. The Morgan fingerprint density at radius 1 is 1.15 bits per heavy atom. The molecule has 5 nitrogen and oxygen atoms in total. The maximum absolute atomic E-state index is 12.8. The largest absolute Gasteiger partial charge is 0.478 e. The average Bonchev–Trinajstić information content (AvgIpc) is 2.67. The first kappa shape index (κ1) is 16.8. The van der Waals surface area contributed by atoms with Crippen molar-refractivity contribution >= 4 is 11.0 Å². The average molecular weight is 351 g/mol. The van der Waals surface area contributed by atoms with E-state index in [4.69, 9.17) is 13.9 Å². The summed E-state index contributed by atoms with van der Waals surface area (Å²) in [6, 6.07) is 13.6. The van der Waals surface area contributed by atoms with Gasteiger partial charge < -0.3 is 13.9 Å². The molecule has 0 saturated heterocycles. The molecular formula is C21H21NO4. The molecule has 0 N–H and O–H groups in total. The van der Waals surface area contributed by atoms with Crippen LogP contribution in [0.25, 0.3) is 22.1 Å². The minimum Gasteiger partial charge on any atom is -0.478 e. The second-order valence-electron chi connectivity index (χ2n) is 6.49. The Morgan fingerprint density at radius 3 is 2.73 bits per heavy atom. The first-order chi connectivity index (χ1) is 12.7. The molecule has 0 saturated carbocycles. The minimum absolute atomic E-state index is 0.316. The van der Waals surface area contributed by atoms with Crippen LogP contribution in [0.5, 0.6) is 5.75 Å². The smallest absolute Gasteiger partial charge is 0.344 e. The standard InChI is InChI=1S/C21H21NO4/c1-14-16-8-9-18-17(12-22(13-25-18)10-11-24-2)20(16)26-21(23)19(14)15-6-4-3-5-7-15/h3-9H,10-13H2,1-2H3. The first-order valence-electron chi connectivity index (χ1n) is 8.68. The molecule has 0 fully saturated rings. The van der Waals surface area contributed by atoms with Crippen LogP contribution >= 0.6 is 0 Å². The number of aryl methyl sites for hydroxylation is 1. The van der Waals surface area contributed by atoms with Gasteiger partial charge >= 0.3 is 5.63 Å². The molecular weight excluding hydrogens is 330 g/mol. The van der Waals surface area contributed by atoms with Crippen molar-refractivity contribution < 1.29 is 13.9 Å². The van der Waals surface area contributed by atoms with Crippen LogP contribution in [0, 0.1) is 6.92 Å². The van der Waals surface area contributed by atoms with Gasteiger partial charge in [0.25, 0.3) is 0 Å². The maximum Gasteiger partial charge on any atom is 0.344 e. The molecule has 4 rings (SSSR count). The van der Waals surface area contributed by atoms with Crippen LogP contribution in [-0.2, 0) is 11.3 Å². The van der Waals surface area contributed by atoms with Gasteiger partial charge in [-0.05, 0) is 30.2 Å². The lowest BCUT2D eigenvalue weighted by Crippen LogP contribution is -2.34. The molecule has 0 unspecified atom stereocenters. The molecule has 1 aliphatic heterocycles. The third-order valence-corrected chi connectivity index (χ3v) is 4.85. The van der Waals surface area contributed by atoms with Gasteiger partial charge in [0.2, 0.25) is 0 Å². The summed E-state index contributed by atoms with van der Waals surface area (Å²) in [5.74, 6) is 0.779. The molecule has 2 heterocycles. The quantitative estimate of drug-likeness (QED) is 0.673. The van der Waals surface area contributed by atoms with E-state index in [2.05, 4.69) is 4.90 Å². The van der Waals surface area contributed by atoms with Gasteiger partial charge in [-0.3, -0.25) is 4.90 Å². The molecule has 3 aromatic rings. The SMILES string of the molecule is COCCN1COc2ccc3c(C)c(-c4ccccc4)c(=O)oc3c2C1. The highest BCUT2D eigenvalue weighted by molar-refractivity contribution is 5.90. The van der Waals surface area contributed by atoms with E-state index in [0.717, 1.165) is 34.4 Å². The minimum atomic E-state index is -0.316. The lowest BCUT2D eigenvalue weighted by molar-refractivity contribution is 0.0658. The van der Waals surface area contributed by atoms with E-state index in [1.807, 2.05) is 49.4 Å². The van der Waals surface area contributed by atoms with Crippen molar-refractivity contribution in [2.45, 2.75) is 13.5 Å². The first-order valence-corrected chi connectivity index (χ1v) is 8.68. The predicted molar refractivity (Wildman–Crippen MR) is 100 cm³/mol. The number of hydrogen-bond donors (Lipinski definition) is 0. The van der Waals surface area contributed by atoms with Crippen LogP contribution in [-0.4, -0.2) is 31.9 Å². The number of ether oxygens (including phenoxy) is 2. The Bertz CT molecular complexity index is 994. The molecule has 134 valence electrons. The highest BCUT2D eigenvalue weighted by Crippen LogP contribution is 2.35. The summed E-state index contributed by atoms with van der Waals surface area (Å²) in [5.41, 5.74) is 3.64. The molecule has 1 aliphatic rings. The molecule has 26 heavy (non-hydrogen) atoms. The van der Waals surface area contributed by atoms with Crippen LogP contribution in [0.4, 0.5) is 0 Å². The van der Waals surface area contributed by atoms with Gasteiger partial charge in [0, 0.05) is 25.6 Å². The maximum atomic E-state index is 12.8. The zero-order valence-electron chi connectivity index (χ0n) is 15.0. The summed E-state index contributed by atoms with van der Waals surface area (Å²) in [4.78, 5) is 14.9. The fourth-order valence-electron chi connectivity index (χ4n) is 3.47. The Hall–Kier alpha value is -2.63. The monoisotopic (exact) mass is 351 g/mol. The van der Waals surface area contributed by atoms with Crippen molar-refractivity contribution in [1.29, 1.82) is 0 Å². The summed E-state index contributed by atoms with van der Waals surface area (Å²) in [7, 11) is 1.68. The summed E-state index contributed by atoms with van der Waals surface area (Å²) < 4.78 is 16.8. The number of benzene rings is 2. The number of nitrogens with zero attached hydrogens (tertiary/aromatic N) is 1. The van der Waals surface area contributed by atoms with Gasteiger partial charge in [-0.2, -0.15) is 0 Å². The molecule has 2 aromatic carbocycles. The number of methoxy groups -OCH3 is 1. The number of rotatable bonds is 4. The zero-order valence-corrected chi connectivity index (χ0v) is 15.0. The lowest BCUT2D eigenvalue weighted by Gasteiger charge is -2.29. The Kier molecular flexibility index (Phi) is 4.49. The van der Waals surface area contributed by atoms with E-state index < -0.39 is 0 Å². The van der Waals surface area contributed by atoms with E-state index >= 15 is 0 Å². The van der Waals surface area contributed by atoms with Gasteiger partial charge in [0.1, 0.15) is 18.1 Å². The number of fused-ring (bicyclic) bond motifs is 3. The van der Waals surface area contributed by atoms with Gasteiger partial charge in [0.15, 0.2) is 0 Å². The van der Waals surface area contributed by atoms with Crippen LogP contribution in [0.3, 0.4) is 0 Å². The van der Waals surface area contributed by atoms with Crippen molar-refractivity contribution in [3.8, 4) is 16.9 Å². The van der Waals surface area contributed by atoms with Crippen LogP contribution in [0.2, 0.25) is 0 Å². The summed E-state index contributed by atoms with van der Waals surface area (Å²) >= 11 is 0. The zero-order chi connectivity index (χ0) is 18.1. The van der Waals surface area contributed by atoms with Crippen molar-refractivity contribution in [2.75, 3.05) is 27.0 Å². The second-order valence-corrected chi connectivity index (χ2v) is 6.49. The van der Waals surface area contributed by atoms with Crippen LogP contribution in [0.15, 0.2) is 51.7 Å². The van der Waals surface area contributed by atoms with Crippen molar-refractivity contribution in [1.82, 2.24) is 4.90 Å². The van der Waals surface area contributed by atoms with E-state index in [1.165, 1.54) is 0 Å². The van der Waals surface area contributed by atoms with Crippen LogP contribution in [0.1, 0.15) is 11.1 Å². The molecule has 0 atom stereocenters. The van der Waals surface area contributed by atoms with Gasteiger partial charge in [-0.25, -0.2) is 4.79 Å². The Balaban J connectivity index is 1.85. The summed E-state index contributed by atoms with van der Waals surface area (Å²) in [6.45, 7) is 4.54. The van der Waals surface area contributed by atoms with Crippen molar-refractivity contribution in [2.24, 2.45) is 0 Å². The number of hydrogen-bond acceptors (Lipinski definition) is 5. The second kappa shape index (κ2) is 6.94. The van der Waals surface area contributed by atoms with E-state index in [9.17, 15) is 4.79 Å². The molecule has 1 aromatic heterocycles. The van der Waals surface area contributed by atoms with E-state index in [0.29, 0.717) is 31.0 Å². The normalized spacial score (nSPS) is 14.2. The van der Waals surface area contributed by atoms with Gasteiger partial charge in [-0.15, -0.1) is 0 Å². The summed E-state index contributed by atoms with van der Waals surface area (Å²) in [6.07, 6.45) is 0. The Labute approximate surface area is 151 Å². The molecule has 0 spiro atoms. The lowest BCUT2D eigenvalue weighted by atomic mass is 9.97. The molecule has 0 aliphatic carbocycles. The Morgan fingerprint density at radius 2 is 1.96 bits per heavy atom. The molecule has 5 heteroatoms. The van der Waals surface area contributed by atoms with E-state index in [1.54, 1.807) is 7.11 Å². The summed E-state index contributed by atoms with van der Waals surface area (Å²) in [5, 5.41) is 0.944. The fourth-order valence-corrected chi connectivity index (χ4v) is 3.47. The highest BCUT2D eigenvalue weighted by atomic mass is 16.5.